The van der Waals surface area contributed by atoms with Crippen molar-refractivity contribution in [1.29, 1.82) is 0 Å². The summed E-state index contributed by atoms with van der Waals surface area (Å²) in [6, 6.07) is 18.2. The minimum Gasteiger partial charge on any atom is -0.344 e. The summed E-state index contributed by atoms with van der Waals surface area (Å²) >= 11 is 0. The van der Waals surface area contributed by atoms with Crippen LogP contribution >= 0.6 is 0 Å². The highest BCUT2D eigenvalue weighted by molar-refractivity contribution is 5.96. The number of hydrogen-bond donors (Lipinski definition) is 1. The summed E-state index contributed by atoms with van der Waals surface area (Å²) in [6.07, 6.45) is 7.64. The van der Waals surface area contributed by atoms with Gasteiger partial charge in [0, 0.05) is 12.6 Å². The zero-order valence-electron chi connectivity index (χ0n) is 17.5. The molecule has 1 aliphatic heterocycles. The smallest absolute Gasteiger partial charge is 0.247 e. The van der Waals surface area contributed by atoms with Crippen LogP contribution in [0.15, 0.2) is 66.7 Å². The largest absolute Gasteiger partial charge is 0.344 e. The van der Waals surface area contributed by atoms with E-state index in [1.807, 2.05) is 60.7 Å². The first-order chi connectivity index (χ1) is 15.2. The number of nitrogens with zero attached hydrogens (tertiary/aromatic N) is 1. The van der Waals surface area contributed by atoms with E-state index in [0.29, 0.717) is 18.9 Å². The monoisotopic (exact) mass is 416 g/mol. The molecule has 4 atom stereocenters. The van der Waals surface area contributed by atoms with Crippen molar-refractivity contribution in [2.45, 2.75) is 37.8 Å². The molecule has 1 saturated carbocycles. The molecule has 1 aliphatic carbocycles. The number of aldehydes is 1. The molecule has 5 nitrogen and oxygen atoms in total. The Labute approximate surface area is 183 Å². The highest BCUT2D eigenvalue weighted by atomic mass is 16.2. The van der Waals surface area contributed by atoms with Crippen molar-refractivity contribution in [3.63, 3.8) is 0 Å². The zero-order chi connectivity index (χ0) is 21.6. The van der Waals surface area contributed by atoms with Crippen LogP contribution < -0.4 is 5.32 Å². The minimum absolute atomic E-state index is 0.149. The van der Waals surface area contributed by atoms with Gasteiger partial charge < -0.3 is 15.0 Å². The Hall–Kier alpha value is -3.21. The van der Waals surface area contributed by atoms with Gasteiger partial charge in [-0.2, -0.15) is 0 Å². The van der Waals surface area contributed by atoms with Crippen molar-refractivity contribution in [1.82, 2.24) is 10.2 Å². The number of carbonyl (C=O) groups is 3. The standard InChI is InChI=1S/C26H28N2O3/c29-18-22(16-20-10-5-2-6-11-20)27-26(31)25-23-13-7-12-21(23)17-28(25)24(30)15-14-19-8-3-1-4-9-19/h1-6,8-11,14-15,18,21-23,25H,7,12-13,16-17H2,(H,27,31)/b15-14+/t21-,22-,23-,25-/m0/s1. The fourth-order valence-electron chi connectivity index (χ4n) is 4.96. The molecular weight excluding hydrogens is 388 g/mol. The Kier molecular flexibility index (Phi) is 6.60. The number of carbonyl (C=O) groups excluding carboxylic acids is 3. The number of likely N-dealkylation sites (tertiary alicyclic amines) is 1. The lowest BCUT2D eigenvalue weighted by atomic mass is 9.93. The van der Waals surface area contributed by atoms with Crippen LogP contribution in [0.4, 0.5) is 0 Å². The van der Waals surface area contributed by atoms with E-state index in [0.717, 1.165) is 36.7 Å². The molecule has 0 radical (unpaired) electrons. The molecule has 160 valence electrons. The summed E-state index contributed by atoms with van der Waals surface area (Å²) in [4.78, 5) is 39.6. The van der Waals surface area contributed by atoms with Crippen LogP contribution in [0.1, 0.15) is 30.4 Å². The normalized spacial score (nSPS) is 23.5. The summed E-state index contributed by atoms with van der Waals surface area (Å²) in [5.74, 6) is 0.153. The van der Waals surface area contributed by atoms with Crippen molar-refractivity contribution in [2.24, 2.45) is 11.8 Å². The number of fused-ring (bicyclic) bond motifs is 1. The van der Waals surface area contributed by atoms with Gasteiger partial charge in [0.1, 0.15) is 12.3 Å². The van der Waals surface area contributed by atoms with Crippen LogP contribution in [0.2, 0.25) is 0 Å². The highest BCUT2D eigenvalue weighted by Crippen LogP contribution is 2.42. The van der Waals surface area contributed by atoms with Crippen LogP contribution in [0, 0.1) is 11.8 Å². The molecule has 0 spiro atoms. The second-order valence-corrected chi connectivity index (χ2v) is 8.48. The molecular formula is C26H28N2O3. The minimum atomic E-state index is -0.604. The maximum atomic E-state index is 13.2. The second kappa shape index (κ2) is 9.73. The third-order valence-electron chi connectivity index (χ3n) is 6.45. The Morgan fingerprint density at radius 3 is 2.45 bits per heavy atom. The van der Waals surface area contributed by atoms with Crippen LogP contribution in [-0.2, 0) is 20.8 Å². The van der Waals surface area contributed by atoms with Gasteiger partial charge in [-0.05, 0) is 48.3 Å². The predicted octanol–water partition coefficient (Wildman–Crippen LogP) is 3.25. The van der Waals surface area contributed by atoms with E-state index in [1.54, 1.807) is 17.1 Å². The van der Waals surface area contributed by atoms with Gasteiger partial charge in [-0.3, -0.25) is 9.59 Å². The fraction of sp³-hybridized carbons (Fsp3) is 0.346. The fourth-order valence-corrected chi connectivity index (χ4v) is 4.96. The van der Waals surface area contributed by atoms with Gasteiger partial charge in [-0.1, -0.05) is 67.1 Å². The van der Waals surface area contributed by atoms with Gasteiger partial charge in [0.2, 0.25) is 11.8 Å². The van der Waals surface area contributed by atoms with E-state index in [2.05, 4.69) is 5.32 Å². The number of rotatable bonds is 7. The van der Waals surface area contributed by atoms with Gasteiger partial charge in [0.05, 0.1) is 6.04 Å². The maximum absolute atomic E-state index is 13.2. The molecule has 2 aromatic carbocycles. The number of nitrogens with one attached hydrogen (secondary N) is 1. The molecule has 1 saturated heterocycles. The zero-order valence-corrected chi connectivity index (χ0v) is 17.5. The summed E-state index contributed by atoms with van der Waals surface area (Å²) in [5.41, 5.74) is 1.93. The molecule has 0 aromatic heterocycles. The summed E-state index contributed by atoms with van der Waals surface area (Å²) in [5, 5.41) is 2.90. The van der Waals surface area contributed by atoms with E-state index in [4.69, 9.17) is 0 Å². The molecule has 2 aliphatic rings. The van der Waals surface area contributed by atoms with E-state index in [-0.39, 0.29) is 17.7 Å². The molecule has 1 N–H and O–H groups in total. The molecule has 1 heterocycles. The average molecular weight is 417 g/mol. The molecule has 2 fully saturated rings. The van der Waals surface area contributed by atoms with Gasteiger partial charge >= 0.3 is 0 Å². The van der Waals surface area contributed by atoms with E-state index < -0.39 is 12.1 Å². The van der Waals surface area contributed by atoms with Gasteiger partial charge in [0.15, 0.2) is 0 Å². The Morgan fingerprint density at radius 1 is 1.03 bits per heavy atom. The number of hydrogen-bond acceptors (Lipinski definition) is 3. The Bertz CT molecular complexity index is 942. The quantitative estimate of drug-likeness (QED) is 0.557. The molecule has 31 heavy (non-hydrogen) atoms. The van der Waals surface area contributed by atoms with Gasteiger partial charge in [-0.15, -0.1) is 0 Å². The van der Waals surface area contributed by atoms with Crippen molar-refractivity contribution in [3.05, 3.63) is 77.9 Å². The lowest BCUT2D eigenvalue weighted by molar-refractivity contribution is -0.137. The molecule has 4 rings (SSSR count). The van der Waals surface area contributed by atoms with Gasteiger partial charge in [0.25, 0.3) is 0 Å². The van der Waals surface area contributed by atoms with Crippen molar-refractivity contribution >= 4 is 24.2 Å². The van der Waals surface area contributed by atoms with E-state index >= 15 is 0 Å². The Balaban J connectivity index is 1.47. The lowest BCUT2D eigenvalue weighted by Crippen LogP contribution is -2.51. The average Bonchev–Trinajstić information content (AvgIpc) is 3.39. The summed E-state index contributed by atoms with van der Waals surface area (Å²) in [7, 11) is 0. The molecule has 0 bridgehead atoms. The first-order valence-electron chi connectivity index (χ1n) is 11.0. The third-order valence-corrected chi connectivity index (χ3v) is 6.45. The van der Waals surface area contributed by atoms with Crippen LogP contribution in [0.25, 0.3) is 6.08 Å². The third kappa shape index (κ3) is 4.93. The van der Waals surface area contributed by atoms with E-state index in [9.17, 15) is 14.4 Å². The molecule has 0 unspecified atom stereocenters. The number of benzene rings is 2. The van der Waals surface area contributed by atoms with E-state index in [1.165, 1.54) is 0 Å². The van der Waals surface area contributed by atoms with Crippen LogP contribution in [0.3, 0.4) is 0 Å². The van der Waals surface area contributed by atoms with Crippen molar-refractivity contribution < 1.29 is 14.4 Å². The first-order valence-corrected chi connectivity index (χ1v) is 11.0. The molecule has 5 heteroatoms. The molecule has 2 aromatic rings. The summed E-state index contributed by atoms with van der Waals surface area (Å²) in [6.45, 7) is 0.602. The Morgan fingerprint density at radius 2 is 1.74 bits per heavy atom. The van der Waals surface area contributed by atoms with Crippen molar-refractivity contribution in [2.75, 3.05) is 6.54 Å². The lowest BCUT2D eigenvalue weighted by Gasteiger charge is -2.27. The number of amides is 2. The SMILES string of the molecule is O=C[C@H](Cc1ccccc1)NC(=O)[C@@H]1[C@H]2CCC[C@H]2CN1C(=O)/C=C/c1ccccc1. The maximum Gasteiger partial charge on any atom is 0.247 e. The molecule has 2 amide bonds. The van der Waals surface area contributed by atoms with Crippen LogP contribution in [-0.4, -0.2) is 41.6 Å². The second-order valence-electron chi connectivity index (χ2n) is 8.48. The predicted molar refractivity (Wildman–Crippen MR) is 120 cm³/mol. The summed E-state index contributed by atoms with van der Waals surface area (Å²) < 4.78 is 0. The van der Waals surface area contributed by atoms with Crippen molar-refractivity contribution in [3.8, 4) is 0 Å². The topological polar surface area (TPSA) is 66.5 Å². The first kappa shape index (κ1) is 21.0. The highest BCUT2D eigenvalue weighted by Gasteiger charge is 2.49. The van der Waals surface area contributed by atoms with Crippen LogP contribution in [0.5, 0.6) is 0 Å². The van der Waals surface area contributed by atoms with Gasteiger partial charge in [-0.25, -0.2) is 0 Å².